The summed E-state index contributed by atoms with van der Waals surface area (Å²) in [4.78, 5) is 0. The van der Waals surface area contributed by atoms with E-state index in [0.29, 0.717) is 6.04 Å². The monoisotopic (exact) mass is 361 g/mol. The second kappa shape index (κ2) is 6.39. The van der Waals surface area contributed by atoms with Gasteiger partial charge in [0.05, 0.1) is 29.4 Å². The predicted octanol–water partition coefficient (Wildman–Crippen LogP) is 3.55. The lowest BCUT2D eigenvalue weighted by molar-refractivity contribution is 0.195. The highest BCUT2D eigenvalue weighted by Gasteiger charge is 2.20. The van der Waals surface area contributed by atoms with Crippen LogP contribution in [0.15, 0.2) is 42.5 Å². The first-order chi connectivity index (χ1) is 13.2. The highest BCUT2D eigenvalue weighted by molar-refractivity contribution is 5.88. The van der Waals surface area contributed by atoms with E-state index in [4.69, 9.17) is 4.74 Å². The fraction of sp³-hybridized carbons (Fsp3) is 0.333. The number of rotatable bonds is 4. The summed E-state index contributed by atoms with van der Waals surface area (Å²) >= 11 is 0. The summed E-state index contributed by atoms with van der Waals surface area (Å²) in [6.07, 6.45) is 1.02. The Labute approximate surface area is 157 Å². The van der Waals surface area contributed by atoms with E-state index in [-0.39, 0.29) is 0 Å². The molecule has 138 valence electrons. The van der Waals surface area contributed by atoms with Gasteiger partial charge >= 0.3 is 0 Å². The van der Waals surface area contributed by atoms with E-state index >= 15 is 0 Å². The lowest BCUT2D eigenvalue weighted by Gasteiger charge is -2.15. The minimum Gasteiger partial charge on any atom is -0.379 e. The Balaban J connectivity index is 1.68. The molecule has 1 saturated heterocycles. The van der Waals surface area contributed by atoms with Crippen LogP contribution in [-0.4, -0.2) is 38.4 Å². The molecule has 6 nitrogen and oxygen atoms in total. The number of anilines is 1. The van der Waals surface area contributed by atoms with Crippen LogP contribution < -0.4 is 5.32 Å². The van der Waals surface area contributed by atoms with E-state index in [2.05, 4.69) is 73.9 Å². The van der Waals surface area contributed by atoms with Gasteiger partial charge in [0, 0.05) is 18.8 Å². The molecule has 0 radical (unpaired) electrons. The first-order valence-corrected chi connectivity index (χ1v) is 9.43. The molecular formula is C21H23N5O. The number of pyridine rings is 1. The predicted molar refractivity (Wildman–Crippen MR) is 106 cm³/mol. The first kappa shape index (κ1) is 16.3. The number of hydrogen-bond acceptors (Lipinski definition) is 4. The summed E-state index contributed by atoms with van der Waals surface area (Å²) in [6.45, 7) is 6.56. The van der Waals surface area contributed by atoms with E-state index in [1.54, 1.807) is 0 Å². The maximum absolute atomic E-state index is 5.53. The molecule has 0 saturated carbocycles. The Morgan fingerprint density at radius 1 is 1.11 bits per heavy atom. The summed E-state index contributed by atoms with van der Waals surface area (Å²) in [6, 6.07) is 15.3. The SMILES string of the molecule is Cc1cc2c(cc(NC3CCOC3)c3nnc(C)n32)n1Cc1ccccc1. The fourth-order valence-corrected chi connectivity index (χ4v) is 3.99. The number of nitrogens with zero attached hydrogens (tertiary/aromatic N) is 4. The van der Waals surface area contributed by atoms with Gasteiger partial charge in [-0.3, -0.25) is 4.40 Å². The average molecular weight is 361 g/mol. The largest absolute Gasteiger partial charge is 0.379 e. The molecule has 6 heteroatoms. The van der Waals surface area contributed by atoms with Crippen LogP contribution in [0.1, 0.15) is 23.5 Å². The van der Waals surface area contributed by atoms with Crippen molar-refractivity contribution in [3.8, 4) is 0 Å². The normalized spacial score (nSPS) is 17.2. The summed E-state index contributed by atoms with van der Waals surface area (Å²) in [5.41, 5.74) is 6.75. The lowest BCUT2D eigenvalue weighted by Crippen LogP contribution is -2.19. The second-order valence-electron chi connectivity index (χ2n) is 7.30. The van der Waals surface area contributed by atoms with Crippen LogP contribution in [0, 0.1) is 13.8 Å². The van der Waals surface area contributed by atoms with E-state index in [0.717, 1.165) is 48.9 Å². The molecule has 1 aliphatic heterocycles. The molecule has 1 atom stereocenters. The standard InChI is InChI=1S/C21H23N5O/c1-14-10-20-19(25(14)12-16-6-4-3-5-7-16)11-18(22-17-8-9-27-13-17)21-24-23-15(2)26(20)21/h3-7,10-11,17,22H,8-9,12-13H2,1-2H3. The van der Waals surface area contributed by atoms with Crippen molar-refractivity contribution < 1.29 is 4.74 Å². The summed E-state index contributed by atoms with van der Waals surface area (Å²) < 4.78 is 10.0. The molecule has 4 heterocycles. The number of aromatic nitrogens is 4. The number of nitrogens with one attached hydrogen (secondary N) is 1. The molecule has 0 spiro atoms. The molecule has 1 N–H and O–H groups in total. The minimum absolute atomic E-state index is 0.321. The maximum Gasteiger partial charge on any atom is 0.184 e. The molecule has 1 fully saturated rings. The Hall–Kier alpha value is -2.86. The molecule has 3 aromatic heterocycles. The third-order valence-electron chi connectivity index (χ3n) is 5.39. The van der Waals surface area contributed by atoms with Gasteiger partial charge in [-0.1, -0.05) is 30.3 Å². The van der Waals surface area contributed by atoms with Gasteiger partial charge in [0.2, 0.25) is 0 Å². The van der Waals surface area contributed by atoms with Crippen LogP contribution in [0.5, 0.6) is 0 Å². The second-order valence-corrected chi connectivity index (χ2v) is 7.30. The molecule has 0 aliphatic carbocycles. The summed E-state index contributed by atoms with van der Waals surface area (Å²) in [7, 11) is 0. The Morgan fingerprint density at radius 3 is 2.74 bits per heavy atom. The van der Waals surface area contributed by atoms with Crippen LogP contribution >= 0.6 is 0 Å². The minimum atomic E-state index is 0.321. The zero-order valence-electron chi connectivity index (χ0n) is 15.6. The van der Waals surface area contributed by atoms with Crippen molar-refractivity contribution in [2.45, 2.75) is 32.9 Å². The highest BCUT2D eigenvalue weighted by atomic mass is 16.5. The zero-order valence-corrected chi connectivity index (χ0v) is 15.6. The van der Waals surface area contributed by atoms with Crippen LogP contribution in [0.4, 0.5) is 5.69 Å². The number of ether oxygens (including phenoxy) is 1. The number of aryl methyl sites for hydroxylation is 2. The van der Waals surface area contributed by atoms with Crippen LogP contribution in [0.2, 0.25) is 0 Å². The van der Waals surface area contributed by atoms with Crippen molar-refractivity contribution in [3.63, 3.8) is 0 Å². The van der Waals surface area contributed by atoms with Gasteiger partial charge in [0.1, 0.15) is 5.82 Å². The molecule has 1 aromatic carbocycles. The molecule has 5 rings (SSSR count). The van der Waals surface area contributed by atoms with Crippen LogP contribution in [-0.2, 0) is 11.3 Å². The molecule has 0 amide bonds. The Kier molecular flexibility index (Phi) is 3.86. The van der Waals surface area contributed by atoms with Crippen LogP contribution in [0.25, 0.3) is 16.7 Å². The van der Waals surface area contributed by atoms with E-state index in [9.17, 15) is 0 Å². The first-order valence-electron chi connectivity index (χ1n) is 9.43. The summed E-state index contributed by atoms with van der Waals surface area (Å²) in [5.74, 6) is 0.901. The highest BCUT2D eigenvalue weighted by Crippen LogP contribution is 2.29. The zero-order chi connectivity index (χ0) is 18.4. The van der Waals surface area contributed by atoms with Crippen LogP contribution in [0.3, 0.4) is 0 Å². The van der Waals surface area contributed by atoms with Crippen molar-refractivity contribution in [1.29, 1.82) is 0 Å². The van der Waals surface area contributed by atoms with Gasteiger partial charge in [0.15, 0.2) is 5.65 Å². The van der Waals surface area contributed by atoms with Gasteiger partial charge in [-0.05, 0) is 38.0 Å². The topological polar surface area (TPSA) is 56.4 Å². The Morgan fingerprint density at radius 2 is 1.96 bits per heavy atom. The molecule has 27 heavy (non-hydrogen) atoms. The quantitative estimate of drug-likeness (QED) is 0.604. The average Bonchev–Trinajstić information content (AvgIpc) is 3.38. The van der Waals surface area contributed by atoms with Gasteiger partial charge < -0.3 is 14.6 Å². The maximum atomic E-state index is 5.53. The molecule has 4 aromatic rings. The van der Waals surface area contributed by atoms with Crippen molar-refractivity contribution in [3.05, 3.63) is 59.5 Å². The van der Waals surface area contributed by atoms with Gasteiger partial charge in [-0.2, -0.15) is 0 Å². The fourth-order valence-electron chi connectivity index (χ4n) is 3.99. The van der Waals surface area contributed by atoms with Gasteiger partial charge in [0.25, 0.3) is 0 Å². The molecule has 1 aliphatic rings. The van der Waals surface area contributed by atoms with E-state index in [1.807, 2.05) is 6.92 Å². The molecular weight excluding hydrogens is 338 g/mol. The van der Waals surface area contributed by atoms with Crippen molar-refractivity contribution in [2.24, 2.45) is 0 Å². The Bertz CT molecular complexity index is 1110. The number of fused-ring (bicyclic) bond motifs is 3. The third-order valence-corrected chi connectivity index (χ3v) is 5.39. The third kappa shape index (κ3) is 2.77. The molecule has 1 unspecified atom stereocenters. The van der Waals surface area contributed by atoms with E-state index < -0.39 is 0 Å². The number of benzene rings is 1. The number of hydrogen-bond donors (Lipinski definition) is 1. The lowest BCUT2D eigenvalue weighted by atomic mass is 10.2. The molecule has 0 bridgehead atoms. The van der Waals surface area contributed by atoms with Crippen molar-refractivity contribution in [2.75, 3.05) is 18.5 Å². The van der Waals surface area contributed by atoms with Crippen molar-refractivity contribution in [1.82, 2.24) is 19.2 Å². The van der Waals surface area contributed by atoms with Gasteiger partial charge in [-0.15, -0.1) is 10.2 Å². The smallest absolute Gasteiger partial charge is 0.184 e. The van der Waals surface area contributed by atoms with Crippen molar-refractivity contribution >= 4 is 22.4 Å². The van der Waals surface area contributed by atoms with Gasteiger partial charge in [-0.25, -0.2) is 0 Å². The van der Waals surface area contributed by atoms with E-state index in [1.165, 1.54) is 16.8 Å². The summed E-state index contributed by atoms with van der Waals surface area (Å²) in [5, 5.41) is 12.4.